The Bertz CT molecular complexity index is 111. The second-order valence-electron chi connectivity index (χ2n) is 3.77. The zero-order valence-corrected chi connectivity index (χ0v) is 8.14. The molecule has 1 heteroatoms. The van der Waals surface area contributed by atoms with Crippen LogP contribution in [0.4, 0.5) is 0 Å². The Hall–Kier alpha value is -0.0400. The maximum absolute atomic E-state index is 2.54. The van der Waals surface area contributed by atoms with Gasteiger partial charge in [-0.1, -0.05) is 20.3 Å². The third kappa shape index (κ3) is 1.96. The molecule has 0 N–H and O–H groups in total. The maximum atomic E-state index is 2.54. The van der Waals surface area contributed by atoms with Crippen LogP contribution in [0, 0.1) is 5.92 Å². The highest BCUT2D eigenvalue weighted by molar-refractivity contribution is 4.80. The summed E-state index contributed by atoms with van der Waals surface area (Å²) in [6.07, 6.45) is 5.56. The highest BCUT2D eigenvalue weighted by Gasteiger charge is 2.25. The van der Waals surface area contributed by atoms with Crippen molar-refractivity contribution in [2.75, 3.05) is 13.6 Å². The van der Waals surface area contributed by atoms with E-state index < -0.39 is 0 Å². The van der Waals surface area contributed by atoms with Crippen LogP contribution in [-0.2, 0) is 0 Å². The van der Waals surface area contributed by atoms with Crippen LogP contribution in [0.5, 0.6) is 0 Å². The van der Waals surface area contributed by atoms with E-state index in [1.54, 1.807) is 0 Å². The second kappa shape index (κ2) is 4.10. The van der Waals surface area contributed by atoms with Gasteiger partial charge in [-0.05, 0) is 38.8 Å². The average Bonchev–Trinajstić information content (AvgIpc) is 2.04. The monoisotopic (exact) mass is 155 g/mol. The van der Waals surface area contributed by atoms with Gasteiger partial charge in [0.15, 0.2) is 0 Å². The predicted molar refractivity (Wildman–Crippen MR) is 49.7 cm³/mol. The number of nitrogens with zero attached hydrogens (tertiary/aromatic N) is 1. The predicted octanol–water partition coefficient (Wildman–Crippen LogP) is 2.52. The molecule has 1 rings (SSSR count). The lowest BCUT2D eigenvalue weighted by Gasteiger charge is -2.38. The Morgan fingerprint density at radius 1 is 1.27 bits per heavy atom. The molecule has 0 spiro atoms. The average molecular weight is 155 g/mol. The molecule has 11 heavy (non-hydrogen) atoms. The van der Waals surface area contributed by atoms with Crippen LogP contribution < -0.4 is 0 Å². The Kier molecular flexibility index (Phi) is 3.38. The summed E-state index contributed by atoms with van der Waals surface area (Å²) < 4.78 is 0. The van der Waals surface area contributed by atoms with Crippen molar-refractivity contribution in [3.63, 3.8) is 0 Å². The van der Waals surface area contributed by atoms with Gasteiger partial charge in [-0.3, -0.25) is 0 Å². The normalized spacial score (nSPS) is 34.1. The lowest BCUT2D eigenvalue weighted by atomic mass is 9.86. The molecule has 0 amide bonds. The van der Waals surface area contributed by atoms with E-state index >= 15 is 0 Å². The number of likely N-dealkylation sites (tertiary alicyclic amines) is 1. The van der Waals surface area contributed by atoms with Crippen LogP contribution in [0.15, 0.2) is 0 Å². The van der Waals surface area contributed by atoms with Gasteiger partial charge in [0.1, 0.15) is 0 Å². The van der Waals surface area contributed by atoms with Crippen LogP contribution in [0.1, 0.15) is 39.5 Å². The highest BCUT2D eigenvalue weighted by Crippen LogP contribution is 2.26. The molecule has 0 radical (unpaired) electrons. The van der Waals surface area contributed by atoms with Crippen molar-refractivity contribution < 1.29 is 0 Å². The smallest absolute Gasteiger partial charge is 0.0118 e. The van der Waals surface area contributed by atoms with Gasteiger partial charge in [0.25, 0.3) is 0 Å². The minimum atomic E-state index is 0.869. The highest BCUT2D eigenvalue weighted by atomic mass is 15.1. The minimum Gasteiger partial charge on any atom is -0.303 e. The Morgan fingerprint density at radius 2 is 2.00 bits per heavy atom. The molecule has 1 saturated heterocycles. The van der Waals surface area contributed by atoms with Gasteiger partial charge < -0.3 is 4.90 Å². The number of piperidine rings is 1. The van der Waals surface area contributed by atoms with Crippen molar-refractivity contribution in [2.45, 2.75) is 45.6 Å². The van der Waals surface area contributed by atoms with E-state index in [2.05, 4.69) is 25.8 Å². The maximum Gasteiger partial charge on any atom is 0.0118 e. The molecule has 1 fully saturated rings. The third-order valence-electron chi connectivity index (χ3n) is 3.14. The molecule has 0 bridgehead atoms. The SMILES string of the molecule is CCC1CCCN(C)C1CC. The summed E-state index contributed by atoms with van der Waals surface area (Å²) in [6, 6.07) is 0.869. The molecule has 66 valence electrons. The molecule has 0 aliphatic carbocycles. The van der Waals surface area contributed by atoms with E-state index in [1.807, 2.05) is 0 Å². The fourth-order valence-electron chi connectivity index (χ4n) is 2.44. The molecule has 0 aromatic rings. The van der Waals surface area contributed by atoms with Crippen molar-refractivity contribution in [2.24, 2.45) is 5.92 Å². The summed E-state index contributed by atoms with van der Waals surface area (Å²) in [6.45, 7) is 5.96. The van der Waals surface area contributed by atoms with E-state index in [0.29, 0.717) is 0 Å². The first-order chi connectivity index (χ1) is 5.29. The second-order valence-corrected chi connectivity index (χ2v) is 3.77. The summed E-state index contributed by atoms with van der Waals surface area (Å²) in [7, 11) is 2.27. The quantitative estimate of drug-likeness (QED) is 0.592. The van der Waals surface area contributed by atoms with E-state index in [4.69, 9.17) is 0 Å². The lowest BCUT2D eigenvalue weighted by molar-refractivity contribution is 0.114. The summed E-state index contributed by atoms with van der Waals surface area (Å²) in [5, 5.41) is 0. The van der Waals surface area contributed by atoms with E-state index in [-0.39, 0.29) is 0 Å². The standard InChI is InChI=1S/C10H21N/c1-4-9-7-6-8-11(3)10(9)5-2/h9-10H,4-8H2,1-3H3. The molecule has 1 heterocycles. The molecule has 2 unspecified atom stereocenters. The molecule has 1 aliphatic rings. The Balaban J connectivity index is 2.48. The zero-order chi connectivity index (χ0) is 8.27. The van der Waals surface area contributed by atoms with Crippen molar-refractivity contribution in [3.8, 4) is 0 Å². The van der Waals surface area contributed by atoms with Gasteiger partial charge in [-0.15, -0.1) is 0 Å². The van der Waals surface area contributed by atoms with Crippen LogP contribution in [0.25, 0.3) is 0 Å². The number of hydrogen-bond acceptors (Lipinski definition) is 1. The van der Waals surface area contributed by atoms with E-state index in [1.165, 1.54) is 32.2 Å². The topological polar surface area (TPSA) is 3.24 Å². The zero-order valence-electron chi connectivity index (χ0n) is 8.14. The van der Waals surface area contributed by atoms with Crippen molar-refractivity contribution in [1.29, 1.82) is 0 Å². The number of hydrogen-bond donors (Lipinski definition) is 0. The van der Waals surface area contributed by atoms with Crippen molar-refractivity contribution in [3.05, 3.63) is 0 Å². The minimum absolute atomic E-state index is 0.869. The first-order valence-electron chi connectivity index (χ1n) is 4.99. The summed E-state index contributed by atoms with van der Waals surface area (Å²) >= 11 is 0. The summed E-state index contributed by atoms with van der Waals surface area (Å²) in [5.74, 6) is 0.971. The van der Waals surface area contributed by atoms with Gasteiger partial charge in [0.05, 0.1) is 0 Å². The fraction of sp³-hybridized carbons (Fsp3) is 1.00. The van der Waals surface area contributed by atoms with Gasteiger partial charge in [-0.2, -0.15) is 0 Å². The van der Waals surface area contributed by atoms with Gasteiger partial charge in [0, 0.05) is 6.04 Å². The Morgan fingerprint density at radius 3 is 2.45 bits per heavy atom. The summed E-state index contributed by atoms with van der Waals surface area (Å²) in [4.78, 5) is 2.54. The third-order valence-corrected chi connectivity index (χ3v) is 3.14. The molecule has 2 atom stereocenters. The molecule has 1 aliphatic heterocycles. The molecule has 0 saturated carbocycles. The van der Waals surface area contributed by atoms with Crippen molar-refractivity contribution >= 4 is 0 Å². The molecular weight excluding hydrogens is 134 g/mol. The van der Waals surface area contributed by atoms with Gasteiger partial charge in [0.2, 0.25) is 0 Å². The van der Waals surface area contributed by atoms with E-state index in [0.717, 1.165) is 12.0 Å². The van der Waals surface area contributed by atoms with Gasteiger partial charge >= 0.3 is 0 Å². The summed E-state index contributed by atoms with van der Waals surface area (Å²) in [5.41, 5.74) is 0. The van der Waals surface area contributed by atoms with E-state index in [9.17, 15) is 0 Å². The Labute approximate surface area is 70.8 Å². The first kappa shape index (κ1) is 9.05. The molecule has 0 aromatic carbocycles. The largest absolute Gasteiger partial charge is 0.303 e. The van der Waals surface area contributed by atoms with Crippen molar-refractivity contribution in [1.82, 2.24) is 4.90 Å². The molecule has 1 nitrogen and oxygen atoms in total. The van der Waals surface area contributed by atoms with Gasteiger partial charge in [-0.25, -0.2) is 0 Å². The van der Waals surface area contributed by atoms with Crippen LogP contribution in [-0.4, -0.2) is 24.5 Å². The van der Waals surface area contributed by atoms with Crippen LogP contribution in [0.3, 0.4) is 0 Å². The van der Waals surface area contributed by atoms with Crippen LogP contribution in [0.2, 0.25) is 0 Å². The molecule has 0 aromatic heterocycles. The first-order valence-corrected chi connectivity index (χ1v) is 4.99. The molecular formula is C10H21N. The lowest BCUT2D eigenvalue weighted by Crippen LogP contribution is -2.41. The van der Waals surface area contributed by atoms with Crippen LogP contribution >= 0.6 is 0 Å². The number of rotatable bonds is 2. The fourth-order valence-corrected chi connectivity index (χ4v) is 2.44.